The summed E-state index contributed by atoms with van der Waals surface area (Å²) in [6.07, 6.45) is -7.65. The lowest BCUT2D eigenvalue weighted by molar-refractivity contribution is -0.140. The summed E-state index contributed by atoms with van der Waals surface area (Å²) >= 11 is 0. The molecular formula is C34H49F3N4O6Si. The van der Waals surface area contributed by atoms with E-state index in [0.717, 1.165) is 23.7 Å². The van der Waals surface area contributed by atoms with E-state index < -0.39 is 49.5 Å². The fraction of sp³-hybridized carbons (Fsp3) is 0.559. The number of nitrogens with two attached hydrogens (primary N) is 1. The second-order valence-electron chi connectivity index (χ2n) is 14.0. The zero-order chi connectivity index (χ0) is 36.2. The first-order chi connectivity index (χ1) is 22.1. The highest BCUT2D eigenvalue weighted by molar-refractivity contribution is 6.73. The third-order valence-corrected chi connectivity index (χ3v) is 12.9. The number of carbonyl (C=O) groups excluding carboxylic acids is 1. The van der Waals surface area contributed by atoms with Crippen LogP contribution in [0, 0.1) is 0 Å². The standard InChI is InChI=1S/C34H49F3N4O6Si/c1-10-48(11-2,12-3)47-27(22-14-13-15-23(38)18-22)21-40(31(44)46-33(7,8)9)16-17-45-24-19-25(32(4,5)6)28-26(20-24)41(30(42)43)39-29(28)34(35,36)37/h13-15,18-20,27H,10-12,16-17,21,38H2,1-9H3,(H,42,43). The molecule has 0 saturated carbocycles. The number of aromatic nitrogens is 2. The molecule has 0 aliphatic heterocycles. The highest BCUT2D eigenvalue weighted by atomic mass is 28.4. The quantitative estimate of drug-likeness (QED) is 0.142. The summed E-state index contributed by atoms with van der Waals surface area (Å²) in [6, 6.07) is 12.7. The number of nitrogen functional groups attached to an aromatic ring is 1. The van der Waals surface area contributed by atoms with Crippen molar-refractivity contribution in [3.8, 4) is 5.75 Å². The van der Waals surface area contributed by atoms with E-state index >= 15 is 0 Å². The van der Waals surface area contributed by atoms with E-state index in [1.807, 2.05) is 18.2 Å². The Morgan fingerprint density at radius 3 is 2.15 bits per heavy atom. The first-order valence-corrected chi connectivity index (χ1v) is 18.7. The predicted molar refractivity (Wildman–Crippen MR) is 182 cm³/mol. The van der Waals surface area contributed by atoms with E-state index in [-0.39, 0.29) is 41.9 Å². The maximum Gasteiger partial charge on any atom is 0.435 e. The van der Waals surface area contributed by atoms with Crippen molar-refractivity contribution in [1.29, 1.82) is 0 Å². The SMILES string of the molecule is CC[Si](CC)(CC)OC(CN(CCOc1cc(C(C)(C)C)c2c(C(F)(F)F)nn(C(=O)O)c2c1)C(=O)OC(C)(C)C)c1cccc(N)c1. The zero-order valence-corrected chi connectivity index (χ0v) is 30.3. The molecule has 0 fully saturated rings. The first kappa shape index (κ1) is 38.7. The van der Waals surface area contributed by atoms with Gasteiger partial charge in [0.05, 0.1) is 24.7 Å². The lowest BCUT2D eigenvalue weighted by atomic mass is 9.84. The van der Waals surface area contributed by atoms with Crippen LogP contribution < -0.4 is 10.5 Å². The van der Waals surface area contributed by atoms with Gasteiger partial charge in [-0.2, -0.15) is 23.0 Å². The highest BCUT2D eigenvalue weighted by Gasteiger charge is 2.40. The summed E-state index contributed by atoms with van der Waals surface area (Å²) in [6.45, 7) is 16.9. The number of hydrogen-bond acceptors (Lipinski definition) is 7. The van der Waals surface area contributed by atoms with Crippen molar-refractivity contribution in [2.75, 3.05) is 25.4 Å². The predicted octanol–water partition coefficient (Wildman–Crippen LogP) is 8.84. The number of carboxylic acid groups (broad SMARTS) is 1. The van der Waals surface area contributed by atoms with Crippen LogP contribution in [0.4, 0.5) is 28.4 Å². The minimum Gasteiger partial charge on any atom is -0.492 e. The Hall–Kier alpha value is -3.78. The van der Waals surface area contributed by atoms with Gasteiger partial charge in [0.25, 0.3) is 0 Å². The summed E-state index contributed by atoms with van der Waals surface area (Å²) in [7, 11) is -2.18. The average Bonchev–Trinajstić information content (AvgIpc) is 3.37. The van der Waals surface area contributed by atoms with Crippen molar-refractivity contribution < 1.29 is 41.8 Å². The number of ether oxygens (including phenoxy) is 2. The van der Waals surface area contributed by atoms with E-state index in [0.29, 0.717) is 10.4 Å². The molecule has 0 saturated heterocycles. The fourth-order valence-electron chi connectivity index (χ4n) is 5.57. The van der Waals surface area contributed by atoms with Crippen molar-refractivity contribution >= 4 is 37.1 Å². The summed E-state index contributed by atoms with van der Waals surface area (Å²) in [5, 5.41) is 12.8. The van der Waals surface area contributed by atoms with Gasteiger partial charge in [0, 0.05) is 17.1 Å². The molecule has 14 heteroatoms. The van der Waals surface area contributed by atoms with Crippen LogP contribution in [0.5, 0.6) is 5.75 Å². The second kappa shape index (κ2) is 14.8. The second-order valence-corrected chi connectivity index (χ2v) is 18.7. The molecule has 1 heterocycles. The Balaban J connectivity index is 2.03. The van der Waals surface area contributed by atoms with Gasteiger partial charge in [-0.15, -0.1) is 0 Å². The van der Waals surface area contributed by atoms with Crippen molar-refractivity contribution in [2.24, 2.45) is 0 Å². The molecule has 3 aromatic rings. The molecular weight excluding hydrogens is 645 g/mol. The first-order valence-electron chi connectivity index (χ1n) is 16.2. The number of anilines is 1. The number of benzene rings is 2. The Kier molecular flexibility index (Phi) is 11.9. The molecule has 1 unspecified atom stereocenters. The van der Waals surface area contributed by atoms with Gasteiger partial charge < -0.3 is 29.6 Å². The smallest absolute Gasteiger partial charge is 0.435 e. The Morgan fingerprint density at radius 1 is 1.02 bits per heavy atom. The van der Waals surface area contributed by atoms with Gasteiger partial charge in [-0.25, -0.2) is 9.59 Å². The lowest BCUT2D eigenvalue weighted by Crippen LogP contribution is -2.45. The molecule has 2 aromatic carbocycles. The van der Waals surface area contributed by atoms with Gasteiger partial charge in [-0.05, 0) is 73.6 Å². The van der Waals surface area contributed by atoms with Gasteiger partial charge in [0.1, 0.15) is 18.0 Å². The molecule has 1 amide bonds. The van der Waals surface area contributed by atoms with Crippen LogP contribution in [0.1, 0.15) is 85.2 Å². The molecule has 0 radical (unpaired) electrons. The van der Waals surface area contributed by atoms with Gasteiger partial charge >= 0.3 is 18.4 Å². The number of nitrogens with zero attached hydrogens (tertiary/aromatic N) is 3. The Morgan fingerprint density at radius 2 is 1.65 bits per heavy atom. The molecule has 1 atom stereocenters. The summed E-state index contributed by atoms with van der Waals surface area (Å²) in [4.78, 5) is 27.0. The van der Waals surface area contributed by atoms with Crippen molar-refractivity contribution in [3.05, 3.63) is 53.2 Å². The van der Waals surface area contributed by atoms with E-state index in [1.54, 1.807) is 47.6 Å². The molecule has 0 bridgehead atoms. The molecule has 1 aromatic heterocycles. The van der Waals surface area contributed by atoms with Crippen LogP contribution in [-0.2, 0) is 20.8 Å². The largest absolute Gasteiger partial charge is 0.492 e. The van der Waals surface area contributed by atoms with Crippen LogP contribution in [-0.4, -0.2) is 65.6 Å². The van der Waals surface area contributed by atoms with E-state index in [4.69, 9.17) is 19.6 Å². The van der Waals surface area contributed by atoms with Gasteiger partial charge in [0.15, 0.2) is 14.0 Å². The monoisotopic (exact) mass is 694 g/mol. The number of carbonyl (C=O) groups is 2. The number of alkyl halides is 3. The van der Waals surface area contributed by atoms with Crippen LogP contribution in [0.15, 0.2) is 36.4 Å². The molecule has 48 heavy (non-hydrogen) atoms. The maximum absolute atomic E-state index is 14.0. The number of fused-ring (bicyclic) bond motifs is 1. The number of hydrogen-bond donors (Lipinski definition) is 2. The van der Waals surface area contributed by atoms with Crippen LogP contribution in [0.3, 0.4) is 0 Å². The Bertz CT molecular complexity index is 1580. The molecule has 0 aliphatic carbocycles. The number of amides is 1. The van der Waals surface area contributed by atoms with Crippen LogP contribution in [0.25, 0.3) is 10.9 Å². The zero-order valence-electron chi connectivity index (χ0n) is 29.3. The summed E-state index contributed by atoms with van der Waals surface area (Å²) in [5.41, 5.74) is 4.57. The minimum atomic E-state index is -4.88. The van der Waals surface area contributed by atoms with Crippen molar-refractivity contribution in [1.82, 2.24) is 14.7 Å². The molecule has 0 spiro atoms. The molecule has 3 rings (SSSR count). The Labute approximate surface area is 281 Å². The summed E-state index contributed by atoms with van der Waals surface area (Å²) in [5.74, 6) is 0.130. The fourth-order valence-corrected chi connectivity index (χ4v) is 8.38. The molecule has 266 valence electrons. The molecule has 10 nitrogen and oxygen atoms in total. The lowest BCUT2D eigenvalue weighted by Gasteiger charge is -2.36. The minimum absolute atomic E-state index is 0.0326. The van der Waals surface area contributed by atoms with E-state index in [9.17, 15) is 27.9 Å². The highest BCUT2D eigenvalue weighted by Crippen LogP contribution is 2.41. The van der Waals surface area contributed by atoms with Crippen molar-refractivity contribution in [2.45, 2.75) is 104 Å². The van der Waals surface area contributed by atoms with Crippen LogP contribution in [0.2, 0.25) is 18.1 Å². The van der Waals surface area contributed by atoms with E-state index in [2.05, 4.69) is 25.9 Å². The molecule has 3 N–H and O–H groups in total. The third-order valence-electron chi connectivity index (χ3n) is 8.29. The van der Waals surface area contributed by atoms with Crippen molar-refractivity contribution in [3.63, 3.8) is 0 Å². The van der Waals surface area contributed by atoms with Gasteiger partial charge in [-0.3, -0.25) is 0 Å². The number of halogens is 3. The molecule has 0 aliphatic rings. The normalized spacial score (nSPS) is 13.4. The summed E-state index contributed by atoms with van der Waals surface area (Å²) < 4.78 is 61.0. The third kappa shape index (κ3) is 9.43. The van der Waals surface area contributed by atoms with Crippen LogP contribution >= 0.6 is 0 Å². The topological polar surface area (TPSA) is 129 Å². The number of rotatable bonds is 12. The maximum atomic E-state index is 14.0. The van der Waals surface area contributed by atoms with Gasteiger partial charge in [0.2, 0.25) is 0 Å². The van der Waals surface area contributed by atoms with Gasteiger partial charge in [-0.1, -0.05) is 53.7 Å². The van der Waals surface area contributed by atoms with E-state index in [1.165, 1.54) is 17.0 Å². The average molecular weight is 695 g/mol.